The molecule has 0 fully saturated rings. The molecule has 0 aliphatic carbocycles. The van der Waals surface area contributed by atoms with Crippen LogP contribution >= 0.6 is 0 Å². The van der Waals surface area contributed by atoms with Gasteiger partial charge < -0.3 is 0 Å². The topological polar surface area (TPSA) is 32.3 Å². The van der Waals surface area contributed by atoms with Crippen molar-refractivity contribution in [3.05, 3.63) is 29.8 Å². The van der Waals surface area contributed by atoms with Gasteiger partial charge in [-0.1, -0.05) is 18.2 Å². The highest BCUT2D eigenvalue weighted by Gasteiger charge is 2.19. The Balaban J connectivity index is 2.42. The summed E-state index contributed by atoms with van der Waals surface area (Å²) in [4.78, 5) is 11.2. The van der Waals surface area contributed by atoms with E-state index >= 15 is 0 Å². The third-order valence-corrected chi connectivity index (χ3v) is 2.21. The van der Waals surface area contributed by atoms with Crippen molar-refractivity contribution in [2.45, 2.75) is 13.3 Å². The highest BCUT2D eigenvalue weighted by atomic mass is 16.2. The number of hydrogen-bond donors (Lipinski definition) is 1. The fraction of sp³-hybridized carbons (Fsp3) is 0.300. The van der Waals surface area contributed by atoms with Crippen molar-refractivity contribution < 1.29 is 4.79 Å². The average Bonchev–Trinajstić information content (AvgIpc) is 2.16. The maximum Gasteiger partial charge on any atom is 0.242 e. The van der Waals surface area contributed by atoms with E-state index in [4.69, 9.17) is 0 Å². The lowest BCUT2D eigenvalue weighted by atomic mass is 10.1. The van der Waals surface area contributed by atoms with E-state index in [0.717, 1.165) is 17.8 Å². The van der Waals surface area contributed by atoms with Crippen LogP contribution in [0.25, 0.3) is 0 Å². The van der Waals surface area contributed by atoms with Crippen LogP contribution in [0.3, 0.4) is 0 Å². The predicted molar refractivity (Wildman–Crippen MR) is 51.3 cm³/mol. The number of anilines is 1. The van der Waals surface area contributed by atoms with Crippen molar-refractivity contribution >= 4 is 11.6 Å². The summed E-state index contributed by atoms with van der Waals surface area (Å²) in [6.45, 7) is 2.81. The van der Waals surface area contributed by atoms with Gasteiger partial charge in [0.2, 0.25) is 5.91 Å². The quantitative estimate of drug-likeness (QED) is 0.695. The van der Waals surface area contributed by atoms with Crippen molar-refractivity contribution in [2.75, 3.05) is 11.6 Å². The second-order valence-corrected chi connectivity index (χ2v) is 3.08. The molecule has 3 heteroatoms. The first-order chi connectivity index (χ1) is 6.31. The minimum atomic E-state index is 0.0700. The van der Waals surface area contributed by atoms with Crippen LogP contribution in [0.1, 0.15) is 12.5 Å². The van der Waals surface area contributed by atoms with Crippen LogP contribution in [0.5, 0.6) is 0 Å². The standard InChI is InChI=1S/C10H12N2O/c1-2-12-9-6-4-3-5-8(9)7-10(13)11-12/h3-6H,2,7H2,1H3,(H,11,13). The first-order valence-corrected chi connectivity index (χ1v) is 4.46. The number of hydrogen-bond acceptors (Lipinski definition) is 2. The van der Waals surface area contributed by atoms with Gasteiger partial charge in [-0.2, -0.15) is 0 Å². The summed E-state index contributed by atoms with van der Waals surface area (Å²) in [6, 6.07) is 7.97. The minimum absolute atomic E-state index is 0.0700. The van der Waals surface area contributed by atoms with Crippen LogP contribution in [-0.4, -0.2) is 12.5 Å². The van der Waals surface area contributed by atoms with E-state index < -0.39 is 0 Å². The third kappa shape index (κ3) is 1.37. The van der Waals surface area contributed by atoms with Crippen LogP contribution < -0.4 is 10.4 Å². The summed E-state index contributed by atoms with van der Waals surface area (Å²) in [5.41, 5.74) is 5.04. The van der Waals surface area contributed by atoms with E-state index in [1.807, 2.05) is 36.2 Å². The Hall–Kier alpha value is -1.51. The molecule has 0 saturated carbocycles. The van der Waals surface area contributed by atoms with E-state index in [2.05, 4.69) is 5.43 Å². The number of benzene rings is 1. The molecule has 0 unspecified atom stereocenters. The fourth-order valence-corrected chi connectivity index (χ4v) is 1.60. The van der Waals surface area contributed by atoms with E-state index in [0.29, 0.717) is 6.42 Å². The van der Waals surface area contributed by atoms with Crippen molar-refractivity contribution in [3.63, 3.8) is 0 Å². The number of nitrogens with zero attached hydrogens (tertiary/aromatic N) is 1. The maximum absolute atomic E-state index is 11.2. The summed E-state index contributed by atoms with van der Waals surface area (Å²) in [7, 11) is 0. The Kier molecular flexibility index (Phi) is 1.93. The summed E-state index contributed by atoms with van der Waals surface area (Å²) < 4.78 is 0. The predicted octanol–water partition coefficient (Wildman–Crippen LogP) is 1.10. The van der Waals surface area contributed by atoms with Crippen molar-refractivity contribution in [1.82, 2.24) is 5.43 Å². The van der Waals surface area contributed by atoms with Crippen molar-refractivity contribution in [1.29, 1.82) is 0 Å². The van der Waals surface area contributed by atoms with Crippen LogP contribution in [0.4, 0.5) is 5.69 Å². The van der Waals surface area contributed by atoms with Crippen LogP contribution in [-0.2, 0) is 11.2 Å². The summed E-state index contributed by atoms with van der Waals surface area (Å²) in [6.07, 6.45) is 0.493. The number of para-hydroxylation sites is 1. The zero-order chi connectivity index (χ0) is 9.26. The molecule has 3 nitrogen and oxygen atoms in total. The Labute approximate surface area is 77.3 Å². The van der Waals surface area contributed by atoms with Crippen LogP contribution in [0, 0.1) is 0 Å². The van der Waals surface area contributed by atoms with Gasteiger partial charge in [-0.15, -0.1) is 0 Å². The Morgan fingerprint density at radius 3 is 3.00 bits per heavy atom. The van der Waals surface area contributed by atoms with Crippen molar-refractivity contribution in [2.24, 2.45) is 0 Å². The molecule has 0 saturated heterocycles. The normalized spacial score (nSPS) is 15.2. The number of amides is 1. The molecule has 68 valence electrons. The molecule has 1 aliphatic rings. The molecular weight excluding hydrogens is 164 g/mol. The van der Waals surface area contributed by atoms with Crippen LogP contribution in [0.2, 0.25) is 0 Å². The second kappa shape index (κ2) is 3.09. The first-order valence-electron chi connectivity index (χ1n) is 4.46. The Morgan fingerprint density at radius 2 is 2.23 bits per heavy atom. The summed E-state index contributed by atoms with van der Waals surface area (Å²) in [5.74, 6) is 0.0700. The van der Waals surface area contributed by atoms with Gasteiger partial charge in [-0.3, -0.25) is 15.2 Å². The van der Waals surface area contributed by atoms with E-state index in [1.54, 1.807) is 0 Å². The molecule has 0 spiro atoms. The molecule has 1 amide bonds. The zero-order valence-corrected chi connectivity index (χ0v) is 7.58. The van der Waals surface area contributed by atoms with Gasteiger partial charge in [0.25, 0.3) is 0 Å². The third-order valence-electron chi connectivity index (χ3n) is 2.21. The smallest absolute Gasteiger partial charge is 0.242 e. The van der Waals surface area contributed by atoms with E-state index in [1.165, 1.54) is 0 Å². The largest absolute Gasteiger partial charge is 0.286 e. The van der Waals surface area contributed by atoms with Gasteiger partial charge in [-0.05, 0) is 18.6 Å². The molecular formula is C10H12N2O. The second-order valence-electron chi connectivity index (χ2n) is 3.08. The van der Waals surface area contributed by atoms with Gasteiger partial charge in [0, 0.05) is 6.54 Å². The number of hydrazine groups is 1. The molecule has 1 heterocycles. The lowest BCUT2D eigenvalue weighted by Gasteiger charge is -2.30. The van der Waals surface area contributed by atoms with Gasteiger partial charge in [0.05, 0.1) is 12.1 Å². The Morgan fingerprint density at radius 1 is 1.46 bits per heavy atom. The average molecular weight is 176 g/mol. The zero-order valence-electron chi connectivity index (χ0n) is 7.58. The molecule has 1 aromatic rings. The van der Waals surface area contributed by atoms with Gasteiger partial charge in [0.1, 0.15) is 0 Å². The molecule has 1 N–H and O–H groups in total. The van der Waals surface area contributed by atoms with Gasteiger partial charge in [-0.25, -0.2) is 0 Å². The summed E-state index contributed by atoms with van der Waals surface area (Å²) >= 11 is 0. The van der Waals surface area contributed by atoms with Gasteiger partial charge >= 0.3 is 0 Å². The van der Waals surface area contributed by atoms with Crippen LogP contribution in [0.15, 0.2) is 24.3 Å². The number of nitrogens with one attached hydrogen (secondary N) is 1. The van der Waals surface area contributed by atoms with Crippen molar-refractivity contribution in [3.8, 4) is 0 Å². The first kappa shape index (κ1) is 8.10. The van der Waals surface area contributed by atoms with E-state index in [9.17, 15) is 4.79 Å². The highest BCUT2D eigenvalue weighted by Crippen LogP contribution is 2.22. The molecule has 2 rings (SSSR count). The number of fused-ring (bicyclic) bond motifs is 1. The molecule has 13 heavy (non-hydrogen) atoms. The fourth-order valence-electron chi connectivity index (χ4n) is 1.60. The molecule has 0 radical (unpaired) electrons. The number of carbonyl (C=O) groups excluding carboxylic acids is 1. The van der Waals surface area contributed by atoms with Gasteiger partial charge in [0.15, 0.2) is 0 Å². The molecule has 0 atom stereocenters. The number of rotatable bonds is 1. The molecule has 0 bridgehead atoms. The lowest BCUT2D eigenvalue weighted by molar-refractivity contribution is -0.120. The highest BCUT2D eigenvalue weighted by molar-refractivity contribution is 5.85. The van der Waals surface area contributed by atoms with E-state index in [-0.39, 0.29) is 5.91 Å². The molecule has 0 aromatic heterocycles. The maximum atomic E-state index is 11.2. The summed E-state index contributed by atoms with van der Waals surface area (Å²) in [5, 5.41) is 1.88. The monoisotopic (exact) mass is 176 g/mol. The Bertz CT molecular complexity index is 335. The molecule has 1 aliphatic heterocycles. The number of carbonyl (C=O) groups is 1. The molecule has 1 aromatic carbocycles. The SMILES string of the molecule is CCN1NC(=O)Cc2ccccc21. The lowest BCUT2D eigenvalue weighted by Crippen LogP contribution is -2.46. The minimum Gasteiger partial charge on any atom is -0.286 e.